The Balaban J connectivity index is 1.96. The van der Waals surface area contributed by atoms with Crippen molar-refractivity contribution >= 4 is 0 Å². The first-order chi connectivity index (χ1) is 11.7. The molecule has 0 aliphatic heterocycles. The third-order valence-electron chi connectivity index (χ3n) is 3.27. The van der Waals surface area contributed by atoms with Crippen LogP contribution in [-0.2, 0) is 9.47 Å². The molecule has 0 bridgehead atoms. The van der Waals surface area contributed by atoms with Crippen LogP contribution in [0.3, 0.4) is 0 Å². The van der Waals surface area contributed by atoms with Gasteiger partial charge in [-0.05, 0) is 35.4 Å². The summed E-state index contributed by atoms with van der Waals surface area (Å²) in [5.41, 5.74) is 0.409. The minimum atomic E-state index is -0.874. The van der Waals surface area contributed by atoms with Crippen LogP contribution in [0.1, 0.15) is 5.56 Å². The van der Waals surface area contributed by atoms with Gasteiger partial charge in [0, 0.05) is 7.11 Å². The van der Waals surface area contributed by atoms with Crippen LogP contribution in [0.15, 0.2) is 36.4 Å². The van der Waals surface area contributed by atoms with Gasteiger partial charge in [0.15, 0.2) is 0 Å². The molecule has 0 aliphatic rings. The molecule has 24 heavy (non-hydrogen) atoms. The van der Waals surface area contributed by atoms with Crippen molar-refractivity contribution in [1.29, 1.82) is 5.26 Å². The van der Waals surface area contributed by atoms with Crippen molar-refractivity contribution < 1.29 is 23.0 Å². The van der Waals surface area contributed by atoms with Gasteiger partial charge in [0.2, 0.25) is 0 Å². The zero-order valence-corrected chi connectivity index (χ0v) is 13.2. The Hall–Kier alpha value is -2.49. The Morgan fingerprint density at radius 2 is 1.54 bits per heavy atom. The quantitative estimate of drug-likeness (QED) is 0.693. The highest BCUT2D eigenvalue weighted by molar-refractivity contribution is 5.65. The van der Waals surface area contributed by atoms with Crippen LogP contribution in [0.4, 0.5) is 8.78 Å². The lowest BCUT2D eigenvalue weighted by molar-refractivity contribution is 0.0544. The van der Waals surface area contributed by atoms with Crippen LogP contribution >= 0.6 is 0 Å². The average Bonchev–Trinajstić information content (AvgIpc) is 2.58. The van der Waals surface area contributed by atoms with Gasteiger partial charge < -0.3 is 14.2 Å². The maximum absolute atomic E-state index is 13.7. The molecule has 4 nitrogen and oxygen atoms in total. The van der Waals surface area contributed by atoms with Crippen molar-refractivity contribution in [2.45, 2.75) is 0 Å². The maximum Gasteiger partial charge on any atom is 0.144 e. The Morgan fingerprint density at radius 3 is 2.12 bits per heavy atom. The van der Waals surface area contributed by atoms with Gasteiger partial charge in [0.05, 0.1) is 19.8 Å². The molecule has 0 amide bonds. The summed E-state index contributed by atoms with van der Waals surface area (Å²) in [6, 6.07) is 10.6. The van der Waals surface area contributed by atoms with Crippen LogP contribution in [0.25, 0.3) is 11.1 Å². The first-order valence-corrected chi connectivity index (χ1v) is 7.34. The van der Waals surface area contributed by atoms with Gasteiger partial charge in [-0.1, -0.05) is 12.1 Å². The van der Waals surface area contributed by atoms with Gasteiger partial charge in [-0.15, -0.1) is 0 Å². The number of halogens is 2. The molecule has 0 saturated heterocycles. The second kappa shape index (κ2) is 8.96. The number of nitrogens with zero attached hydrogens (tertiary/aromatic N) is 1. The maximum atomic E-state index is 13.7. The Morgan fingerprint density at radius 1 is 0.917 bits per heavy atom. The van der Waals surface area contributed by atoms with Crippen molar-refractivity contribution in [2.75, 3.05) is 33.5 Å². The molecule has 2 aromatic carbocycles. The molecule has 0 N–H and O–H groups in total. The highest BCUT2D eigenvalue weighted by Crippen LogP contribution is 2.26. The molecule has 126 valence electrons. The molecule has 0 heterocycles. The van der Waals surface area contributed by atoms with E-state index in [1.165, 1.54) is 6.07 Å². The number of hydrogen-bond acceptors (Lipinski definition) is 4. The van der Waals surface area contributed by atoms with E-state index >= 15 is 0 Å². The highest BCUT2D eigenvalue weighted by atomic mass is 19.1. The Kier molecular flexibility index (Phi) is 6.67. The molecule has 2 aromatic rings. The Bertz CT molecular complexity index is 688. The molecule has 0 aliphatic carbocycles. The summed E-state index contributed by atoms with van der Waals surface area (Å²) < 4.78 is 43.0. The molecular weight excluding hydrogens is 316 g/mol. The molecule has 0 atom stereocenters. The van der Waals surface area contributed by atoms with E-state index in [1.807, 2.05) is 0 Å². The van der Waals surface area contributed by atoms with E-state index in [9.17, 15) is 8.78 Å². The topological polar surface area (TPSA) is 51.5 Å². The van der Waals surface area contributed by atoms with Crippen molar-refractivity contribution in [3.63, 3.8) is 0 Å². The summed E-state index contributed by atoms with van der Waals surface area (Å²) in [6.07, 6.45) is 0. The van der Waals surface area contributed by atoms with E-state index < -0.39 is 17.2 Å². The van der Waals surface area contributed by atoms with Gasteiger partial charge in [-0.25, -0.2) is 8.78 Å². The predicted molar refractivity (Wildman–Crippen MR) is 84.7 cm³/mol. The largest absolute Gasteiger partial charge is 0.491 e. The van der Waals surface area contributed by atoms with E-state index in [2.05, 4.69) is 0 Å². The van der Waals surface area contributed by atoms with Gasteiger partial charge in [-0.2, -0.15) is 5.26 Å². The first kappa shape index (κ1) is 17.9. The smallest absolute Gasteiger partial charge is 0.144 e. The van der Waals surface area contributed by atoms with Gasteiger partial charge in [0.25, 0.3) is 0 Å². The van der Waals surface area contributed by atoms with Crippen molar-refractivity contribution in [1.82, 2.24) is 0 Å². The second-order valence-electron chi connectivity index (χ2n) is 4.90. The lowest BCUT2D eigenvalue weighted by Crippen LogP contribution is -2.09. The van der Waals surface area contributed by atoms with E-state index in [-0.39, 0.29) is 0 Å². The molecule has 0 spiro atoms. The summed E-state index contributed by atoms with van der Waals surface area (Å²) in [5, 5.41) is 8.68. The fraction of sp³-hybridized carbons (Fsp3) is 0.278. The molecule has 0 saturated carbocycles. The van der Waals surface area contributed by atoms with Crippen LogP contribution in [0.5, 0.6) is 5.75 Å². The van der Waals surface area contributed by atoms with E-state index in [0.29, 0.717) is 43.3 Å². The van der Waals surface area contributed by atoms with E-state index in [1.54, 1.807) is 31.4 Å². The summed E-state index contributed by atoms with van der Waals surface area (Å²) in [6.45, 7) is 1.88. The van der Waals surface area contributed by atoms with E-state index in [0.717, 1.165) is 12.1 Å². The zero-order chi connectivity index (χ0) is 17.4. The van der Waals surface area contributed by atoms with Gasteiger partial charge in [0.1, 0.15) is 35.6 Å². The zero-order valence-electron chi connectivity index (χ0n) is 13.2. The Labute approximate surface area is 139 Å². The summed E-state index contributed by atoms with van der Waals surface area (Å²) >= 11 is 0. The number of ether oxygens (including phenoxy) is 3. The molecule has 0 fully saturated rings. The fourth-order valence-corrected chi connectivity index (χ4v) is 2.05. The molecule has 2 rings (SSSR count). The molecule has 0 unspecified atom stereocenters. The van der Waals surface area contributed by atoms with E-state index in [4.69, 9.17) is 19.5 Å². The number of nitriles is 1. The monoisotopic (exact) mass is 333 g/mol. The number of hydrogen-bond donors (Lipinski definition) is 0. The van der Waals surface area contributed by atoms with Crippen molar-refractivity contribution in [3.05, 3.63) is 53.6 Å². The third-order valence-corrected chi connectivity index (χ3v) is 3.27. The lowest BCUT2D eigenvalue weighted by Gasteiger charge is -2.08. The fourth-order valence-electron chi connectivity index (χ4n) is 2.05. The van der Waals surface area contributed by atoms with Gasteiger partial charge in [-0.3, -0.25) is 0 Å². The third kappa shape index (κ3) is 4.75. The standard InChI is InChI=1S/C18H17F2NO3/c1-22-6-7-23-8-9-24-15-4-2-13(3-5-15)14-10-17(19)16(12-21)18(20)11-14/h2-5,10-11H,6-9H2,1H3. The first-order valence-electron chi connectivity index (χ1n) is 7.34. The minimum Gasteiger partial charge on any atom is -0.491 e. The lowest BCUT2D eigenvalue weighted by atomic mass is 10.0. The minimum absolute atomic E-state index is 0.360. The highest BCUT2D eigenvalue weighted by Gasteiger charge is 2.11. The molecule has 0 aromatic heterocycles. The average molecular weight is 333 g/mol. The number of rotatable bonds is 8. The molecule has 0 radical (unpaired) electrons. The van der Waals surface area contributed by atoms with Crippen LogP contribution < -0.4 is 4.74 Å². The second-order valence-corrected chi connectivity index (χ2v) is 4.90. The van der Waals surface area contributed by atoms with Crippen molar-refractivity contribution in [3.8, 4) is 22.9 Å². The van der Waals surface area contributed by atoms with Crippen LogP contribution in [-0.4, -0.2) is 33.5 Å². The number of methoxy groups -OCH3 is 1. The summed E-state index contributed by atoms with van der Waals surface area (Å²) in [5.74, 6) is -1.12. The number of benzene rings is 2. The molecule has 6 heteroatoms. The summed E-state index contributed by atoms with van der Waals surface area (Å²) in [7, 11) is 1.60. The van der Waals surface area contributed by atoms with Crippen molar-refractivity contribution in [2.24, 2.45) is 0 Å². The van der Waals surface area contributed by atoms with Crippen LogP contribution in [0.2, 0.25) is 0 Å². The molecular formula is C18H17F2NO3. The normalized spacial score (nSPS) is 10.4. The van der Waals surface area contributed by atoms with Gasteiger partial charge >= 0.3 is 0 Å². The summed E-state index contributed by atoms with van der Waals surface area (Å²) in [4.78, 5) is 0. The van der Waals surface area contributed by atoms with Crippen LogP contribution in [0, 0.1) is 23.0 Å². The SMILES string of the molecule is COCCOCCOc1ccc(-c2cc(F)c(C#N)c(F)c2)cc1. The predicted octanol–water partition coefficient (Wildman–Crippen LogP) is 3.55.